The minimum absolute atomic E-state index is 0.00921. The van der Waals surface area contributed by atoms with Crippen LogP contribution in [0.25, 0.3) is 0 Å². The first-order valence-electron chi connectivity index (χ1n) is 6.57. The normalized spacial score (nSPS) is 40.1. The third-order valence-corrected chi connectivity index (χ3v) is 4.86. The van der Waals surface area contributed by atoms with Crippen LogP contribution in [0.15, 0.2) is 0 Å². The Labute approximate surface area is 108 Å². The number of hydrogen-bond acceptors (Lipinski definition) is 2. The van der Waals surface area contributed by atoms with Gasteiger partial charge < -0.3 is 4.74 Å². The quantitative estimate of drug-likeness (QED) is 0.597. The highest BCUT2D eigenvalue weighted by Gasteiger charge is 2.52. The first-order valence-corrected chi connectivity index (χ1v) is 6.57. The van der Waals surface area contributed by atoms with Gasteiger partial charge in [0.15, 0.2) is 0 Å². The molecule has 0 aromatic rings. The smallest absolute Gasteiger partial charge is 0.268 e. The first kappa shape index (κ1) is 11.9. The van der Waals surface area contributed by atoms with E-state index >= 15 is 0 Å². The molecule has 3 aliphatic heterocycles. The SMILES string of the molecule is [B][B]B1CCC2[B]C(=O)OC2C2B([B])CCC12. The second kappa shape index (κ2) is 4.51. The Morgan fingerprint density at radius 3 is 3.00 bits per heavy atom. The zero-order valence-corrected chi connectivity index (χ0v) is 9.92. The van der Waals surface area contributed by atoms with Crippen LogP contribution >= 0.6 is 0 Å². The minimum Gasteiger partial charge on any atom is -0.472 e. The summed E-state index contributed by atoms with van der Waals surface area (Å²) in [5.74, 6) is 0.899. The molecule has 8 heteroatoms. The Morgan fingerprint density at radius 2 is 2.24 bits per heavy atom. The molecule has 3 fully saturated rings. The summed E-state index contributed by atoms with van der Waals surface area (Å²) in [6.07, 6.45) is 4.20. The Morgan fingerprint density at radius 1 is 1.41 bits per heavy atom. The molecule has 3 aliphatic rings. The molecule has 2 nitrogen and oxygen atoms in total. The molecule has 0 saturated carbocycles. The summed E-state index contributed by atoms with van der Waals surface area (Å²) in [6, 6.07) is 0. The van der Waals surface area contributed by atoms with E-state index in [1.54, 1.807) is 7.28 Å². The second-order valence-corrected chi connectivity index (χ2v) is 5.65. The lowest BCUT2D eigenvalue weighted by atomic mass is 9.07. The molecule has 0 bridgehead atoms. The average Bonchev–Trinajstić information content (AvgIpc) is 2.80. The fraction of sp³-hybridized carbons (Fsp3) is 0.889. The van der Waals surface area contributed by atoms with Crippen molar-refractivity contribution in [2.45, 2.75) is 49.0 Å². The highest BCUT2D eigenvalue weighted by Crippen LogP contribution is 2.53. The molecule has 4 atom stereocenters. The summed E-state index contributed by atoms with van der Waals surface area (Å²) in [4.78, 5) is 11.4. The highest BCUT2D eigenvalue weighted by molar-refractivity contribution is 7.32. The number of ether oxygens (including phenoxy) is 1. The lowest BCUT2D eigenvalue weighted by Crippen LogP contribution is -2.35. The lowest BCUT2D eigenvalue weighted by molar-refractivity contribution is 0.125. The van der Waals surface area contributed by atoms with Crippen molar-refractivity contribution in [2.75, 3.05) is 0 Å². The van der Waals surface area contributed by atoms with Gasteiger partial charge in [0, 0.05) is 22.5 Å². The van der Waals surface area contributed by atoms with Crippen molar-refractivity contribution in [1.82, 2.24) is 0 Å². The second-order valence-electron chi connectivity index (χ2n) is 5.65. The topological polar surface area (TPSA) is 26.3 Å². The van der Waals surface area contributed by atoms with Gasteiger partial charge in [-0.2, -0.15) is 0 Å². The number of hydrogen-bond donors (Lipinski definition) is 0. The Balaban J connectivity index is 1.88. The standard InChI is InChI=1S/C9H12B6O2/c10-13-15-4-1-5-8(17-9(16)12-5)7-6(15)2-3-14(7)11/h5-8H,1-4H2. The lowest BCUT2D eigenvalue weighted by Gasteiger charge is -2.30. The number of fused-ring (bicyclic) bond motifs is 3. The van der Waals surface area contributed by atoms with Crippen LogP contribution in [0.2, 0.25) is 30.1 Å². The van der Waals surface area contributed by atoms with Crippen molar-refractivity contribution in [2.24, 2.45) is 0 Å². The summed E-state index contributed by atoms with van der Waals surface area (Å²) in [7, 11) is 15.6. The van der Waals surface area contributed by atoms with Crippen LogP contribution in [0.3, 0.4) is 0 Å². The zero-order valence-electron chi connectivity index (χ0n) is 9.92. The number of rotatable bonds is 1. The maximum absolute atomic E-state index is 11.4. The fourth-order valence-corrected chi connectivity index (χ4v) is 4.05. The highest BCUT2D eigenvalue weighted by atomic mass is 16.5. The van der Waals surface area contributed by atoms with Crippen LogP contribution in [-0.4, -0.2) is 55.0 Å². The summed E-state index contributed by atoms with van der Waals surface area (Å²) < 4.78 is 5.49. The summed E-state index contributed by atoms with van der Waals surface area (Å²) >= 11 is 0. The monoisotopic (exact) mass is 218 g/mol. The van der Waals surface area contributed by atoms with Crippen LogP contribution in [0.4, 0.5) is 4.79 Å². The molecule has 0 N–H and O–H groups in total. The van der Waals surface area contributed by atoms with E-state index < -0.39 is 0 Å². The Bertz CT molecular complexity index is 327. The van der Waals surface area contributed by atoms with Gasteiger partial charge in [-0.25, -0.2) is 0 Å². The van der Waals surface area contributed by atoms with E-state index in [-0.39, 0.29) is 24.4 Å². The Hall–Kier alpha value is -0.140. The molecule has 3 rings (SSSR count). The predicted molar refractivity (Wildman–Crippen MR) is 74.9 cm³/mol. The molecule has 4 unspecified atom stereocenters. The summed E-state index contributed by atoms with van der Waals surface area (Å²) in [5.41, 5.74) is 0. The van der Waals surface area contributed by atoms with Gasteiger partial charge in [-0.3, -0.25) is 4.79 Å². The minimum atomic E-state index is -0.159. The summed E-state index contributed by atoms with van der Waals surface area (Å²) in [6.45, 7) is 0.596. The molecule has 0 spiro atoms. The van der Waals surface area contributed by atoms with E-state index in [1.807, 2.05) is 7.06 Å². The third-order valence-electron chi connectivity index (χ3n) is 4.86. The van der Waals surface area contributed by atoms with Crippen LogP contribution in [0.1, 0.15) is 12.8 Å². The van der Waals surface area contributed by atoms with E-state index in [9.17, 15) is 4.79 Å². The van der Waals surface area contributed by atoms with Crippen molar-refractivity contribution in [3.05, 3.63) is 0 Å². The first-order chi connectivity index (χ1) is 8.20. The molecular formula is C9H12B6O2. The maximum atomic E-state index is 11.4. The van der Waals surface area contributed by atoms with Gasteiger partial charge in [0.1, 0.15) is 0 Å². The molecule has 3 saturated heterocycles. The van der Waals surface area contributed by atoms with Gasteiger partial charge >= 0.3 is 0 Å². The van der Waals surface area contributed by atoms with Crippen molar-refractivity contribution < 1.29 is 9.53 Å². The van der Waals surface area contributed by atoms with Crippen LogP contribution in [0.5, 0.6) is 0 Å². The van der Waals surface area contributed by atoms with E-state index in [0.717, 1.165) is 25.5 Å². The van der Waals surface area contributed by atoms with Crippen LogP contribution < -0.4 is 0 Å². The van der Waals surface area contributed by atoms with Crippen molar-refractivity contribution >= 4 is 48.9 Å². The fourth-order valence-electron chi connectivity index (χ4n) is 4.05. The molecule has 6 radical (unpaired) electrons. The van der Waals surface area contributed by atoms with Gasteiger partial charge in [-0.15, -0.1) is 0 Å². The molecule has 0 aromatic carbocycles. The predicted octanol–water partition coefficient (Wildman–Crippen LogP) is 0.485. The molecule has 78 valence electrons. The maximum Gasteiger partial charge on any atom is 0.268 e. The molecular weight excluding hydrogens is 205 g/mol. The van der Waals surface area contributed by atoms with Gasteiger partial charge in [-0.05, 0) is 11.6 Å². The van der Waals surface area contributed by atoms with Crippen molar-refractivity contribution in [1.29, 1.82) is 0 Å². The number of carbonyl (C=O) groups excluding carboxylic acids is 1. The molecule has 0 aliphatic carbocycles. The molecule has 0 aromatic heterocycles. The Kier molecular flexibility index (Phi) is 3.16. The molecule has 3 heterocycles. The largest absolute Gasteiger partial charge is 0.472 e. The van der Waals surface area contributed by atoms with E-state index in [1.165, 1.54) is 0 Å². The van der Waals surface area contributed by atoms with Crippen LogP contribution in [-0.2, 0) is 4.74 Å². The van der Waals surface area contributed by atoms with E-state index in [0.29, 0.717) is 18.2 Å². The number of carbonyl (C=O) groups is 1. The molecule has 17 heavy (non-hydrogen) atoms. The van der Waals surface area contributed by atoms with Gasteiger partial charge in [0.05, 0.1) is 19.3 Å². The van der Waals surface area contributed by atoms with Gasteiger partial charge in [0.2, 0.25) is 5.87 Å². The van der Waals surface area contributed by atoms with Crippen molar-refractivity contribution in [3.8, 4) is 0 Å². The van der Waals surface area contributed by atoms with Gasteiger partial charge in [-0.1, -0.05) is 31.3 Å². The molecule has 0 amide bonds. The third kappa shape index (κ3) is 1.92. The van der Waals surface area contributed by atoms with E-state index in [4.69, 9.17) is 20.2 Å². The van der Waals surface area contributed by atoms with E-state index in [2.05, 4.69) is 0 Å². The summed E-state index contributed by atoms with van der Waals surface area (Å²) in [5, 5.41) is 0. The zero-order chi connectivity index (χ0) is 12.0. The van der Waals surface area contributed by atoms with Crippen LogP contribution in [0, 0.1) is 0 Å². The van der Waals surface area contributed by atoms with Gasteiger partial charge in [0.25, 0.3) is 7.28 Å². The van der Waals surface area contributed by atoms with Crippen molar-refractivity contribution in [3.63, 3.8) is 0 Å². The average molecular weight is 217 g/mol.